The molecular formula is C13H17N3O. The van der Waals surface area contributed by atoms with Crippen molar-refractivity contribution in [1.29, 1.82) is 0 Å². The summed E-state index contributed by atoms with van der Waals surface area (Å²) in [7, 11) is 1.68. The highest BCUT2D eigenvalue weighted by Gasteiger charge is 2.06. The summed E-state index contributed by atoms with van der Waals surface area (Å²) in [5.41, 5.74) is 7.88. The summed E-state index contributed by atoms with van der Waals surface area (Å²) < 4.78 is 5.01. The van der Waals surface area contributed by atoms with Gasteiger partial charge in [-0.1, -0.05) is 12.1 Å². The van der Waals surface area contributed by atoms with Crippen molar-refractivity contribution in [2.45, 2.75) is 6.92 Å². The Morgan fingerprint density at radius 2 is 2.24 bits per heavy atom. The summed E-state index contributed by atoms with van der Waals surface area (Å²) in [6, 6.07) is 5.88. The number of aryl methyl sites for hydroxylation is 1. The Morgan fingerprint density at radius 1 is 1.41 bits per heavy atom. The minimum absolute atomic E-state index is 0.652. The lowest BCUT2D eigenvalue weighted by molar-refractivity contribution is 0.210. The lowest BCUT2D eigenvalue weighted by Gasteiger charge is -2.11. The molecule has 0 unspecified atom stereocenters. The van der Waals surface area contributed by atoms with Crippen LogP contribution in [0.2, 0.25) is 0 Å². The van der Waals surface area contributed by atoms with Crippen molar-refractivity contribution in [2.24, 2.45) is 0 Å². The summed E-state index contributed by atoms with van der Waals surface area (Å²) in [6.07, 6.45) is 1.84. The topological polar surface area (TPSA) is 60.2 Å². The maximum Gasteiger partial charge on any atom is 0.133 e. The highest BCUT2D eigenvalue weighted by Crippen LogP contribution is 2.28. The van der Waals surface area contributed by atoms with E-state index < -0.39 is 0 Å². The van der Waals surface area contributed by atoms with Crippen molar-refractivity contribution in [2.75, 3.05) is 31.3 Å². The van der Waals surface area contributed by atoms with Gasteiger partial charge in [0.2, 0.25) is 0 Å². The Balaban J connectivity index is 2.44. The molecule has 0 radical (unpaired) electrons. The van der Waals surface area contributed by atoms with Gasteiger partial charge in [-0.05, 0) is 18.6 Å². The molecule has 1 heterocycles. The number of hydrogen-bond donors (Lipinski definition) is 2. The number of aromatic nitrogens is 1. The number of fused-ring (bicyclic) bond motifs is 1. The standard InChI is InChI=1S/C13H17N3O/c1-9-8-16-13(15-6-7-17-2)10-4-3-5-11(14)12(9)10/h3-5,8H,6-7,14H2,1-2H3,(H,15,16). The van der Waals surface area contributed by atoms with Gasteiger partial charge in [0, 0.05) is 36.3 Å². The number of nitrogen functional groups attached to an aromatic ring is 1. The molecule has 0 fully saturated rings. The number of benzene rings is 1. The average Bonchev–Trinajstić information content (AvgIpc) is 2.32. The van der Waals surface area contributed by atoms with E-state index in [0.29, 0.717) is 6.61 Å². The molecule has 1 aromatic carbocycles. The maximum atomic E-state index is 6.00. The first kappa shape index (κ1) is 11.7. The van der Waals surface area contributed by atoms with Crippen molar-refractivity contribution in [3.05, 3.63) is 30.0 Å². The molecule has 0 saturated carbocycles. The van der Waals surface area contributed by atoms with Crippen LogP contribution in [0.5, 0.6) is 0 Å². The first-order valence-corrected chi connectivity index (χ1v) is 5.60. The fraction of sp³-hybridized carbons (Fsp3) is 0.308. The zero-order chi connectivity index (χ0) is 12.3. The first-order chi connectivity index (χ1) is 8.24. The van der Waals surface area contributed by atoms with Crippen molar-refractivity contribution < 1.29 is 4.74 Å². The molecule has 0 amide bonds. The van der Waals surface area contributed by atoms with Crippen LogP contribution in [0.4, 0.5) is 11.5 Å². The molecule has 0 aliphatic carbocycles. The molecule has 0 aliphatic rings. The van der Waals surface area contributed by atoms with Crippen LogP contribution in [0.15, 0.2) is 24.4 Å². The lowest BCUT2D eigenvalue weighted by atomic mass is 10.1. The molecule has 3 N–H and O–H groups in total. The predicted molar refractivity (Wildman–Crippen MR) is 71.3 cm³/mol. The molecule has 2 aromatic rings. The Morgan fingerprint density at radius 3 is 3.00 bits per heavy atom. The largest absolute Gasteiger partial charge is 0.398 e. The van der Waals surface area contributed by atoms with Crippen molar-refractivity contribution in [3.8, 4) is 0 Å². The second-order valence-corrected chi connectivity index (χ2v) is 3.98. The molecule has 90 valence electrons. The molecule has 2 rings (SSSR count). The van der Waals surface area contributed by atoms with Gasteiger partial charge in [0.05, 0.1) is 6.61 Å². The van der Waals surface area contributed by atoms with Crippen LogP contribution in [-0.4, -0.2) is 25.2 Å². The second-order valence-electron chi connectivity index (χ2n) is 3.98. The van der Waals surface area contributed by atoms with Gasteiger partial charge >= 0.3 is 0 Å². The average molecular weight is 231 g/mol. The minimum atomic E-state index is 0.652. The maximum absolute atomic E-state index is 6.00. The molecule has 4 nitrogen and oxygen atoms in total. The number of methoxy groups -OCH3 is 1. The smallest absolute Gasteiger partial charge is 0.133 e. The SMILES string of the molecule is COCCNc1ncc(C)c2c(N)cccc12. The Labute approximate surface area is 101 Å². The summed E-state index contributed by atoms with van der Waals surface area (Å²) in [4.78, 5) is 4.40. The van der Waals surface area contributed by atoms with Gasteiger partial charge in [-0.2, -0.15) is 0 Å². The number of pyridine rings is 1. The van der Waals surface area contributed by atoms with Gasteiger partial charge in [-0.15, -0.1) is 0 Å². The van der Waals surface area contributed by atoms with Crippen LogP contribution in [0.25, 0.3) is 10.8 Å². The predicted octanol–water partition coefficient (Wildman–Crippen LogP) is 2.18. The van der Waals surface area contributed by atoms with E-state index >= 15 is 0 Å². The number of ether oxygens (including phenoxy) is 1. The number of rotatable bonds is 4. The third kappa shape index (κ3) is 2.31. The van der Waals surface area contributed by atoms with Gasteiger partial charge in [-0.25, -0.2) is 4.98 Å². The van der Waals surface area contributed by atoms with Gasteiger partial charge in [0.1, 0.15) is 5.82 Å². The summed E-state index contributed by atoms with van der Waals surface area (Å²) in [6.45, 7) is 3.40. The minimum Gasteiger partial charge on any atom is -0.398 e. The molecule has 0 spiro atoms. The van der Waals surface area contributed by atoms with E-state index in [-0.39, 0.29) is 0 Å². The third-order valence-corrected chi connectivity index (χ3v) is 2.73. The van der Waals surface area contributed by atoms with E-state index in [1.54, 1.807) is 7.11 Å². The zero-order valence-corrected chi connectivity index (χ0v) is 10.2. The van der Waals surface area contributed by atoms with E-state index in [2.05, 4.69) is 10.3 Å². The van der Waals surface area contributed by atoms with Gasteiger partial charge < -0.3 is 15.8 Å². The Hall–Kier alpha value is -1.81. The molecule has 0 aliphatic heterocycles. The number of nitrogens with one attached hydrogen (secondary N) is 1. The molecule has 4 heteroatoms. The summed E-state index contributed by atoms with van der Waals surface area (Å²) >= 11 is 0. The highest BCUT2D eigenvalue weighted by molar-refractivity contribution is 6.01. The third-order valence-electron chi connectivity index (χ3n) is 2.73. The zero-order valence-electron chi connectivity index (χ0n) is 10.2. The Bertz CT molecular complexity index is 517. The summed E-state index contributed by atoms with van der Waals surface area (Å²) in [5, 5.41) is 5.38. The lowest BCUT2D eigenvalue weighted by Crippen LogP contribution is -2.09. The van der Waals surface area contributed by atoms with Crippen LogP contribution in [-0.2, 0) is 4.74 Å². The Kier molecular flexibility index (Phi) is 3.44. The molecule has 17 heavy (non-hydrogen) atoms. The van der Waals surface area contributed by atoms with E-state index in [1.807, 2.05) is 31.3 Å². The van der Waals surface area contributed by atoms with Gasteiger partial charge in [0.15, 0.2) is 0 Å². The molecule has 0 saturated heterocycles. The summed E-state index contributed by atoms with van der Waals surface area (Å²) in [5.74, 6) is 0.856. The van der Waals surface area contributed by atoms with E-state index in [1.165, 1.54) is 0 Å². The van der Waals surface area contributed by atoms with Crippen LogP contribution in [0.3, 0.4) is 0 Å². The molecule has 1 aromatic heterocycles. The normalized spacial score (nSPS) is 10.7. The van der Waals surface area contributed by atoms with Gasteiger partial charge in [0.25, 0.3) is 0 Å². The van der Waals surface area contributed by atoms with Crippen LogP contribution < -0.4 is 11.1 Å². The second kappa shape index (κ2) is 5.01. The monoisotopic (exact) mass is 231 g/mol. The quantitative estimate of drug-likeness (QED) is 0.625. The van der Waals surface area contributed by atoms with E-state index in [0.717, 1.165) is 34.4 Å². The molecular weight excluding hydrogens is 214 g/mol. The number of nitrogens with zero attached hydrogens (tertiary/aromatic N) is 1. The van der Waals surface area contributed by atoms with Gasteiger partial charge in [-0.3, -0.25) is 0 Å². The molecule has 0 bridgehead atoms. The van der Waals surface area contributed by atoms with Crippen molar-refractivity contribution >= 4 is 22.3 Å². The first-order valence-electron chi connectivity index (χ1n) is 5.60. The van der Waals surface area contributed by atoms with Crippen LogP contribution in [0, 0.1) is 6.92 Å². The number of anilines is 2. The highest BCUT2D eigenvalue weighted by atomic mass is 16.5. The fourth-order valence-electron chi connectivity index (χ4n) is 1.92. The van der Waals surface area contributed by atoms with Crippen LogP contribution >= 0.6 is 0 Å². The molecule has 0 atom stereocenters. The number of nitrogens with two attached hydrogens (primary N) is 1. The van der Waals surface area contributed by atoms with Crippen molar-refractivity contribution in [1.82, 2.24) is 4.98 Å². The number of hydrogen-bond acceptors (Lipinski definition) is 4. The fourth-order valence-corrected chi connectivity index (χ4v) is 1.92. The van der Waals surface area contributed by atoms with E-state index in [9.17, 15) is 0 Å². The van der Waals surface area contributed by atoms with Crippen molar-refractivity contribution in [3.63, 3.8) is 0 Å². The van der Waals surface area contributed by atoms with E-state index in [4.69, 9.17) is 10.5 Å². The van der Waals surface area contributed by atoms with Crippen LogP contribution in [0.1, 0.15) is 5.56 Å².